The molecule has 5 rings (SSSR count). The molecule has 166 valence electrons. The molecule has 4 aromatic rings. The van der Waals surface area contributed by atoms with E-state index in [0.717, 1.165) is 38.3 Å². The molecule has 9 nitrogen and oxygen atoms in total. The molecule has 1 saturated heterocycles. The Kier molecular flexibility index (Phi) is 5.77. The Morgan fingerprint density at radius 1 is 0.939 bits per heavy atom. The van der Waals surface area contributed by atoms with Crippen molar-refractivity contribution in [2.24, 2.45) is 0 Å². The molecular weight excluding hydrogens is 420 g/mol. The number of anilines is 1. The Morgan fingerprint density at radius 3 is 2.42 bits per heavy atom. The largest absolute Gasteiger partial charge is 0.363 e. The van der Waals surface area contributed by atoms with Crippen LogP contribution >= 0.6 is 0 Å². The number of nitro benzene ring substituents is 1. The molecule has 0 amide bonds. The number of hydrogen-bond donors (Lipinski definition) is 0. The van der Waals surface area contributed by atoms with Crippen molar-refractivity contribution in [3.05, 3.63) is 88.7 Å². The number of nitro groups is 1. The van der Waals surface area contributed by atoms with Gasteiger partial charge in [-0.2, -0.15) is 4.98 Å². The van der Waals surface area contributed by atoms with E-state index in [0.29, 0.717) is 23.0 Å². The van der Waals surface area contributed by atoms with Gasteiger partial charge < -0.3 is 9.42 Å². The van der Waals surface area contributed by atoms with Crippen LogP contribution in [0.25, 0.3) is 22.8 Å². The molecule has 0 N–H and O–H groups in total. The number of piperazine rings is 1. The van der Waals surface area contributed by atoms with Crippen LogP contribution in [0.2, 0.25) is 0 Å². The number of nitrogens with zero attached hydrogens (tertiary/aromatic N) is 6. The molecule has 2 aromatic heterocycles. The van der Waals surface area contributed by atoms with E-state index in [1.165, 1.54) is 11.6 Å². The van der Waals surface area contributed by atoms with E-state index in [4.69, 9.17) is 4.52 Å². The SMILES string of the molecule is O=[N+]([O-])c1cc(-c2noc(-c3ccncc3)n2)ccc1N1CCN(Cc2ccccc2)CC1. The molecule has 0 saturated carbocycles. The lowest BCUT2D eigenvalue weighted by atomic mass is 10.1. The second-order valence-corrected chi connectivity index (χ2v) is 7.87. The summed E-state index contributed by atoms with van der Waals surface area (Å²) < 4.78 is 5.34. The van der Waals surface area contributed by atoms with Crippen LogP contribution in [-0.4, -0.2) is 51.1 Å². The first-order valence-electron chi connectivity index (χ1n) is 10.7. The van der Waals surface area contributed by atoms with Gasteiger partial charge in [-0.05, 0) is 29.8 Å². The molecule has 0 aliphatic carbocycles. The summed E-state index contributed by atoms with van der Waals surface area (Å²) in [7, 11) is 0. The van der Waals surface area contributed by atoms with Crippen LogP contribution < -0.4 is 4.90 Å². The van der Waals surface area contributed by atoms with Crippen molar-refractivity contribution in [1.29, 1.82) is 0 Å². The fourth-order valence-electron chi connectivity index (χ4n) is 4.02. The molecule has 1 fully saturated rings. The molecule has 2 aromatic carbocycles. The first-order chi connectivity index (χ1) is 16.2. The first-order valence-corrected chi connectivity index (χ1v) is 10.7. The lowest BCUT2D eigenvalue weighted by molar-refractivity contribution is -0.384. The van der Waals surface area contributed by atoms with E-state index in [-0.39, 0.29) is 10.6 Å². The lowest BCUT2D eigenvalue weighted by Gasteiger charge is -2.35. The van der Waals surface area contributed by atoms with Gasteiger partial charge in [-0.3, -0.25) is 20.0 Å². The molecule has 0 unspecified atom stereocenters. The third-order valence-electron chi connectivity index (χ3n) is 5.75. The van der Waals surface area contributed by atoms with E-state index in [9.17, 15) is 10.1 Å². The van der Waals surface area contributed by atoms with E-state index in [2.05, 4.69) is 37.1 Å². The van der Waals surface area contributed by atoms with Crippen molar-refractivity contribution >= 4 is 11.4 Å². The van der Waals surface area contributed by atoms with Crippen LogP contribution in [-0.2, 0) is 6.54 Å². The first kappa shape index (κ1) is 20.8. The summed E-state index contributed by atoms with van der Waals surface area (Å²) in [5.74, 6) is 0.651. The molecule has 0 atom stereocenters. The van der Waals surface area contributed by atoms with Crippen LogP contribution in [0, 0.1) is 10.1 Å². The molecule has 1 aliphatic heterocycles. The minimum absolute atomic E-state index is 0.0410. The molecule has 9 heteroatoms. The molecule has 0 spiro atoms. The second kappa shape index (κ2) is 9.17. The van der Waals surface area contributed by atoms with Gasteiger partial charge in [0, 0.05) is 62.3 Å². The summed E-state index contributed by atoms with van der Waals surface area (Å²) in [4.78, 5) is 24.3. The monoisotopic (exact) mass is 442 g/mol. The molecule has 3 heterocycles. The van der Waals surface area contributed by atoms with Crippen molar-refractivity contribution < 1.29 is 9.45 Å². The van der Waals surface area contributed by atoms with E-state index >= 15 is 0 Å². The lowest BCUT2D eigenvalue weighted by Crippen LogP contribution is -2.46. The van der Waals surface area contributed by atoms with Crippen molar-refractivity contribution in [1.82, 2.24) is 20.0 Å². The highest BCUT2D eigenvalue weighted by Crippen LogP contribution is 2.33. The van der Waals surface area contributed by atoms with Gasteiger partial charge in [-0.1, -0.05) is 35.5 Å². The van der Waals surface area contributed by atoms with E-state index < -0.39 is 0 Å². The number of rotatable bonds is 6. The summed E-state index contributed by atoms with van der Waals surface area (Å²) in [6, 6.07) is 19.0. The molecule has 0 bridgehead atoms. The molecule has 33 heavy (non-hydrogen) atoms. The van der Waals surface area contributed by atoms with Gasteiger partial charge in [0.05, 0.1) is 4.92 Å². The van der Waals surface area contributed by atoms with Crippen LogP contribution in [0.15, 0.2) is 77.6 Å². The third kappa shape index (κ3) is 4.58. The quantitative estimate of drug-likeness (QED) is 0.326. The smallest absolute Gasteiger partial charge is 0.293 e. The predicted octanol–water partition coefficient (Wildman–Crippen LogP) is 4.03. The third-order valence-corrected chi connectivity index (χ3v) is 5.75. The highest BCUT2D eigenvalue weighted by Gasteiger charge is 2.25. The van der Waals surface area contributed by atoms with E-state index in [1.54, 1.807) is 36.7 Å². The highest BCUT2D eigenvalue weighted by atomic mass is 16.6. The Labute approximate surface area is 190 Å². The molecule has 1 aliphatic rings. The molecular formula is C24H22N6O3. The Bertz CT molecular complexity index is 1240. The zero-order valence-electron chi connectivity index (χ0n) is 17.9. The van der Waals surface area contributed by atoms with Gasteiger partial charge in [-0.15, -0.1) is 0 Å². The Morgan fingerprint density at radius 2 is 1.70 bits per heavy atom. The maximum absolute atomic E-state index is 11.9. The topological polar surface area (TPSA) is 101 Å². The average Bonchev–Trinajstić information content (AvgIpc) is 3.36. The normalized spacial score (nSPS) is 14.4. The maximum Gasteiger partial charge on any atom is 0.293 e. The highest BCUT2D eigenvalue weighted by molar-refractivity contribution is 5.72. The average molecular weight is 442 g/mol. The minimum Gasteiger partial charge on any atom is -0.363 e. The second-order valence-electron chi connectivity index (χ2n) is 7.87. The summed E-state index contributed by atoms with van der Waals surface area (Å²) >= 11 is 0. The summed E-state index contributed by atoms with van der Waals surface area (Å²) in [5.41, 5.74) is 3.20. The maximum atomic E-state index is 11.9. The standard InChI is InChI=1S/C24H22N6O3/c31-30(32)22-16-20(23-26-24(33-27-23)19-8-10-25-11-9-19)6-7-21(22)29-14-12-28(13-15-29)17-18-4-2-1-3-5-18/h1-11,16H,12-15,17H2. The fourth-order valence-corrected chi connectivity index (χ4v) is 4.02. The minimum atomic E-state index is -0.348. The van der Waals surface area contributed by atoms with Crippen molar-refractivity contribution in [2.75, 3.05) is 31.1 Å². The van der Waals surface area contributed by atoms with Gasteiger partial charge in [0.1, 0.15) is 5.69 Å². The Hall–Kier alpha value is -4.11. The number of aromatic nitrogens is 3. The van der Waals surface area contributed by atoms with Crippen LogP contribution in [0.1, 0.15) is 5.56 Å². The van der Waals surface area contributed by atoms with Crippen molar-refractivity contribution in [3.8, 4) is 22.8 Å². The van der Waals surface area contributed by atoms with Gasteiger partial charge in [0.2, 0.25) is 5.82 Å². The summed E-state index contributed by atoms with van der Waals surface area (Å²) in [6.07, 6.45) is 3.27. The summed E-state index contributed by atoms with van der Waals surface area (Å²) in [6.45, 7) is 4.01. The van der Waals surface area contributed by atoms with Crippen molar-refractivity contribution in [2.45, 2.75) is 6.54 Å². The number of hydrogen-bond acceptors (Lipinski definition) is 8. The number of benzene rings is 2. The Balaban J connectivity index is 1.33. The van der Waals surface area contributed by atoms with E-state index in [1.807, 2.05) is 18.2 Å². The zero-order valence-corrected chi connectivity index (χ0v) is 17.9. The van der Waals surface area contributed by atoms with Gasteiger partial charge in [0.15, 0.2) is 0 Å². The van der Waals surface area contributed by atoms with Gasteiger partial charge in [0.25, 0.3) is 11.6 Å². The van der Waals surface area contributed by atoms with Crippen molar-refractivity contribution in [3.63, 3.8) is 0 Å². The summed E-state index contributed by atoms with van der Waals surface area (Å²) in [5, 5.41) is 15.9. The van der Waals surface area contributed by atoms with Gasteiger partial charge in [-0.25, -0.2) is 0 Å². The predicted molar refractivity (Wildman–Crippen MR) is 124 cm³/mol. The fraction of sp³-hybridized carbons (Fsp3) is 0.208. The molecule has 0 radical (unpaired) electrons. The van der Waals surface area contributed by atoms with Gasteiger partial charge >= 0.3 is 0 Å². The number of pyridine rings is 1. The zero-order chi connectivity index (χ0) is 22.6. The van der Waals surface area contributed by atoms with Crippen LogP contribution in [0.4, 0.5) is 11.4 Å². The van der Waals surface area contributed by atoms with Crippen LogP contribution in [0.5, 0.6) is 0 Å². The van der Waals surface area contributed by atoms with Crippen LogP contribution in [0.3, 0.4) is 0 Å².